The van der Waals surface area contributed by atoms with Crippen molar-refractivity contribution in [1.29, 1.82) is 0 Å². The summed E-state index contributed by atoms with van der Waals surface area (Å²) in [7, 11) is 0. The number of nitrogens with one attached hydrogen (secondary N) is 3. The Balaban J connectivity index is 1.91. The number of urea groups is 1. The fraction of sp³-hybridized carbons (Fsp3) is 0.353. The van der Waals surface area contributed by atoms with Crippen LogP contribution in [0, 0.1) is 0 Å². The van der Waals surface area contributed by atoms with Crippen molar-refractivity contribution in [3.8, 4) is 5.88 Å². The molecule has 8 heteroatoms. The van der Waals surface area contributed by atoms with Gasteiger partial charge in [-0.3, -0.25) is 14.9 Å². The second-order valence-electron chi connectivity index (χ2n) is 5.92. The van der Waals surface area contributed by atoms with E-state index in [4.69, 9.17) is 0 Å². The number of aromatic hydroxyl groups is 1. The van der Waals surface area contributed by atoms with Crippen molar-refractivity contribution in [3.63, 3.8) is 0 Å². The Labute approximate surface area is 144 Å². The van der Waals surface area contributed by atoms with Crippen molar-refractivity contribution in [2.75, 3.05) is 6.54 Å². The maximum atomic E-state index is 12.1. The molecule has 3 rings (SSSR count). The molecule has 1 aromatic heterocycles. The summed E-state index contributed by atoms with van der Waals surface area (Å²) in [6, 6.07) is 4.49. The van der Waals surface area contributed by atoms with E-state index in [1.165, 1.54) is 4.57 Å². The van der Waals surface area contributed by atoms with Crippen molar-refractivity contribution in [3.05, 3.63) is 30.0 Å². The number of fused-ring (bicyclic) bond motifs is 1. The van der Waals surface area contributed by atoms with Crippen LogP contribution in [0.15, 0.2) is 24.4 Å². The van der Waals surface area contributed by atoms with E-state index in [1.54, 1.807) is 18.3 Å². The Bertz CT molecular complexity index is 843. The maximum Gasteiger partial charge on any atom is 0.315 e. The lowest BCUT2D eigenvalue weighted by atomic mass is 10.1. The van der Waals surface area contributed by atoms with E-state index in [2.05, 4.69) is 16.0 Å². The van der Waals surface area contributed by atoms with Gasteiger partial charge in [0.2, 0.25) is 11.8 Å². The Kier molecular flexibility index (Phi) is 4.60. The minimum Gasteiger partial charge on any atom is -0.494 e. The number of piperidine rings is 1. The summed E-state index contributed by atoms with van der Waals surface area (Å²) in [5.41, 5.74) is 0.824. The molecule has 1 atom stereocenters. The van der Waals surface area contributed by atoms with E-state index >= 15 is 0 Å². The first kappa shape index (κ1) is 16.8. The second-order valence-corrected chi connectivity index (χ2v) is 5.92. The van der Waals surface area contributed by atoms with Crippen molar-refractivity contribution in [2.45, 2.75) is 32.4 Å². The lowest BCUT2D eigenvalue weighted by Crippen LogP contribution is -2.41. The minimum atomic E-state index is -0.630. The molecule has 4 amide bonds. The third-order valence-corrected chi connectivity index (χ3v) is 4.27. The number of hydrogen-bond acceptors (Lipinski definition) is 4. The highest BCUT2D eigenvalue weighted by Crippen LogP contribution is 2.34. The molecule has 4 N–H and O–H groups in total. The van der Waals surface area contributed by atoms with Crippen LogP contribution in [0.5, 0.6) is 5.88 Å². The molecule has 25 heavy (non-hydrogen) atoms. The molecule has 0 radical (unpaired) electrons. The molecule has 2 heterocycles. The van der Waals surface area contributed by atoms with E-state index in [9.17, 15) is 19.5 Å². The van der Waals surface area contributed by atoms with Gasteiger partial charge in [0.1, 0.15) is 6.04 Å². The number of rotatable bonds is 4. The third kappa shape index (κ3) is 3.28. The molecule has 1 aliphatic heterocycles. The van der Waals surface area contributed by atoms with E-state index in [0.29, 0.717) is 24.9 Å². The Morgan fingerprint density at radius 1 is 1.32 bits per heavy atom. The molecule has 132 valence electrons. The van der Waals surface area contributed by atoms with Gasteiger partial charge in [0.05, 0.1) is 0 Å². The number of imide groups is 1. The molecule has 8 nitrogen and oxygen atoms in total. The molecule has 1 aromatic carbocycles. The topological polar surface area (TPSA) is 112 Å². The predicted octanol–water partition coefficient (Wildman–Crippen LogP) is 1.14. The first-order valence-electron chi connectivity index (χ1n) is 8.18. The summed E-state index contributed by atoms with van der Waals surface area (Å²) in [6.07, 6.45) is 2.27. The van der Waals surface area contributed by atoms with Crippen LogP contribution < -0.4 is 16.0 Å². The van der Waals surface area contributed by atoms with Gasteiger partial charge in [0.25, 0.3) is 0 Å². The number of amides is 4. The molecular formula is C17H20N4O4. The molecule has 0 aliphatic carbocycles. The van der Waals surface area contributed by atoms with E-state index < -0.39 is 11.9 Å². The summed E-state index contributed by atoms with van der Waals surface area (Å²) in [5.74, 6) is -0.748. The summed E-state index contributed by atoms with van der Waals surface area (Å²) in [5, 5.41) is 19.6. The zero-order chi connectivity index (χ0) is 18.0. The number of benzene rings is 1. The highest BCUT2D eigenvalue weighted by atomic mass is 16.3. The van der Waals surface area contributed by atoms with Gasteiger partial charge in [-0.15, -0.1) is 0 Å². The van der Waals surface area contributed by atoms with Gasteiger partial charge < -0.3 is 20.3 Å². The fourth-order valence-electron chi connectivity index (χ4n) is 3.04. The number of nitrogens with zero attached hydrogens (tertiary/aromatic N) is 1. The van der Waals surface area contributed by atoms with E-state index in [-0.39, 0.29) is 24.2 Å². The predicted molar refractivity (Wildman–Crippen MR) is 90.9 cm³/mol. The van der Waals surface area contributed by atoms with Gasteiger partial charge in [-0.1, -0.05) is 12.1 Å². The SMILES string of the molecule is CCNC(=O)NCc1cccc2c(O)n(C3CCC(=O)NC3=O)cc12. The van der Waals surface area contributed by atoms with Gasteiger partial charge in [0.15, 0.2) is 5.88 Å². The van der Waals surface area contributed by atoms with Crippen LogP contribution in [0.4, 0.5) is 4.79 Å². The number of aromatic nitrogens is 1. The molecular weight excluding hydrogens is 324 g/mol. The van der Waals surface area contributed by atoms with Crippen molar-refractivity contribution in [2.24, 2.45) is 0 Å². The molecule has 0 spiro atoms. The molecule has 1 unspecified atom stereocenters. The van der Waals surface area contributed by atoms with E-state index in [1.807, 2.05) is 13.0 Å². The largest absolute Gasteiger partial charge is 0.494 e. The average molecular weight is 344 g/mol. The molecule has 1 aliphatic rings. The monoisotopic (exact) mass is 344 g/mol. The fourth-order valence-corrected chi connectivity index (χ4v) is 3.04. The van der Waals surface area contributed by atoms with E-state index in [0.717, 1.165) is 10.9 Å². The number of carbonyl (C=O) groups excluding carboxylic acids is 3. The molecule has 1 fully saturated rings. The Morgan fingerprint density at radius 2 is 2.12 bits per heavy atom. The molecule has 2 aromatic rings. The smallest absolute Gasteiger partial charge is 0.315 e. The van der Waals surface area contributed by atoms with Gasteiger partial charge in [-0.2, -0.15) is 0 Å². The molecule has 0 bridgehead atoms. The zero-order valence-corrected chi connectivity index (χ0v) is 13.8. The standard InChI is InChI=1S/C17H20N4O4/c1-2-18-17(25)19-8-10-4-3-5-11-12(10)9-21(16(11)24)13-6-7-14(22)20-15(13)23/h3-5,9,13,24H,2,6-8H2,1H3,(H2,18,19,25)(H,20,22,23). The first-order chi connectivity index (χ1) is 12.0. The third-order valence-electron chi connectivity index (χ3n) is 4.27. The summed E-state index contributed by atoms with van der Waals surface area (Å²) in [4.78, 5) is 35.0. The number of carbonyl (C=O) groups is 3. The van der Waals surface area contributed by atoms with Crippen molar-refractivity contribution in [1.82, 2.24) is 20.5 Å². The highest BCUT2D eigenvalue weighted by Gasteiger charge is 2.30. The van der Waals surface area contributed by atoms with Gasteiger partial charge in [0, 0.05) is 36.5 Å². The zero-order valence-electron chi connectivity index (χ0n) is 13.8. The maximum absolute atomic E-state index is 12.1. The van der Waals surface area contributed by atoms with Crippen LogP contribution in [-0.4, -0.2) is 34.1 Å². The second kappa shape index (κ2) is 6.84. The minimum absolute atomic E-state index is 0.0237. The summed E-state index contributed by atoms with van der Waals surface area (Å²) in [6.45, 7) is 2.66. The molecule has 0 saturated carbocycles. The van der Waals surface area contributed by atoms with Crippen molar-refractivity contribution >= 4 is 28.6 Å². The lowest BCUT2D eigenvalue weighted by molar-refractivity contribution is -0.135. The summed E-state index contributed by atoms with van der Waals surface area (Å²) < 4.78 is 1.49. The normalized spacial score (nSPS) is 17.4. The first-order valence-corrected chi connectivity index (χ1v) is 8.18. The summed E-state index contributed by atoms with van der Waals surface area (Å²) >= 11 is 0. The van der Waals surface area contributed by atoms with Gasteiger partial charge in [-0.05, 0) is 25.0 Å². The average Bonchev–Trinajstić information content (AvgIpc) is 2.91. The van der Waals surface area contributed by atoms with Crippen LogP contribution in [0.25, 0.3) is 10.8 Å². The van der Waals surface area contributed by atoms with Crippen molar-refractivity contribution < 1.29 is 19.5 Å². The molecule has 1 saturated heterocycles. The van der Waals surface area contributed by atoms with Crippen LogP contribution in [-0.2, 0) is 16.1 Å². The van der Waals surface area contributed by atoms with Gasteiger partial charge >= 0.3 is 6.03 Å². The number of hydrogen-bond donors (Lipinski definition) is 4. The Morgan fingerprint density at radius 3 is 2.84 bits per heavy atom. The lowest BCUT2D eigenvalue weighted by Gasteiger charge is -2.22. The van der Waals surface area contributed by atoms with Crippen LogP contribution in [0.2, 0.25) is 0 Å². The highest BCUT2D eigenvalue weighted by molar-refractivity contribution is 6.00. The van der Waals surface area contributed by atoms with Crippen LogP contribution in [0.3, 0.4) is 0 Å². The Hall–Kier alpha value is -3.03. The van der Waals surface area contributed by atoms with Crippen LogP contribution >= 0.6 is 0 Å². The van der Waals surface area contributed by atoms with Gasteiger partial charge in [-0.25, -0.2) is 4.79 Å². The quantitative estimate of drug-likeness (QED) is 0.623. The van der Waals surface area contributed by atoms with Crippen LogP contribution in [0.1, 0.15) is 31.4 Å².